The molecule has 1 N–H and O–H groups in total. The molecule has 1 fully saturated rings. The molecule has 4 nitrogen and oxygen atoms in total. The van der Waals surface area contributed by atoms with Gasteiger partial charge in [0.15, 0.2) is 0 Å². The van der Waals surface area contributed by atoms with E-state index in [1.165, 1.54) is 4.88 Å². The van der Waals surface area contributed by atoms with Crippen LogP contribution < -0.4 is 0 Å². The average molecular weight is 268 g/mol. The number of carbonyl (C=O) groups is 1. The molecule has 0 amide bonds. The molecule has 1 atom stereocenters. The Kier molecular flexibility index (Phi) is 4.02. The third-order valence-electron chi connectivity index (χ3n) is 3.76. The van der Waals surface area contributed by atoms with E-state index in [-0.39, 0.29) is 5.92 Å². The number of aromatic nitrogens is 1. The lowest BCUT2D eigenvalue weighted by molar-refractivity contribution is -0.143. The highest BCUT2D eigenvalue weighted by Crippen LogP contribution is 2.30. The monoisotopic (exact) mass is 268 g/mol. The SMILES string of the molecule is Cc1nc(C(C)N2CCC(C(=O)O)CC2)c(C)s1. The van der Waals surface area contributed by atoms with E-state index in [2.05, 4.69) is 23.7 Å². The molecule has 100 valence electrons. The first-order valence-corrected chi connectivity index (χ1v) is 7.21. The Hall–Kier alpha value is -0.940. The maximum Gasteiger partial charge on any atom is 0.306 e. The van der Waals surface area contributed by atoms with Crippen LogP contribution in [-0.4, -0.2) is 34.0 Å². The number of hydrogen-bond acceptors (Lipinski definition) is 4. The van der Waals surface area contributed by atoms with Crippen LogP contribution in [0, 0.1) is 19.8 Å². The van der Waals surface area contributed by atoms with Crippen molar-refractivity contribution in [1.82, 2.24) is 9.88 Å². The van der Waals surface area contributed by atoms with Crippen molar-refractivity contribution in [3.63, 3.8) is 0 Å². The Labute approximate surface area is 112 Å². The Morgan fingerprint density at radius 3 is 2.50 bits per heavy atom. The molecule has 1 aliphatic rings. The van der Waals surface area contributed by atoms with E-state index in [1.807, 2.05) is 6.92 Å². The van der Waals surface area contributed by atoms with Gasteiger partial charge in [0.1, 0.15) is 0 Å². The summed E-state index contributed by atoms with van der Waals surface area (Å²) in [5.41, 5.74) is 1.16. The van der Waals surface area contributed by atoms with Gasteiger partial charge < -0.3 is 5.11 Å². The molecule has 1 aromatic heterocycles. The molecule has 0 radical (unpaired) electrons. The topological polar surface area (TPSA) is 53.4 Å². The van der Waals surface area contributed by atoms with Crippen LogP contribution >= 0.6 is 11.3 Å². The quantitative estimate of drug-likeness (QED) is 0.915. The minimum Gasteiger partial charge on any atom is -0.481 e. The molecule has 1 aromatic rings. The number of carboxylic acids is 1. The van der Waals surface area contributed by atoms with Gasteiger partial charge in [-0.3, -0.25) is 9.69 Å². The van der Waals surface area contributed by atoms with Crippen LogP contribution in [0.15, 0.2) is 0 Å². The fourth-order valence-electron chi connectivity index (χ4n) is 2.64. The van der Waals surface area contributed by atoms with E-state index >= 15 is 0 Å². The minimum absolute atomic E-state index is 0.160. The molecule has 1 saturated heterocycles. The zero-order valence-corrected chi connectivity index (χ0v) is 12.0. The molecule has 0 saturated carbocycles. The molecule has 0 bridgehead atoms. The van der Waals surface area contributed by atoms with E-state index < -0.39 is 5.97 Å². The fourth-order valence-corrected chi connectivity index (χ4v) is 3.55. The number of likely N-dealkylation sites (tertiary alicyclic amines) is 1. The van der Waals surface area contributed by atoms with Gasteiger partial charge in [-0.1, -0.05) is 0 Å². The van der Waals surface area contributed by atoms with E-state index in [0.29, 0.717) is 6.04 Å². The number of nitrogens with zero attached hydrogens (tertiary/aromatic N) is 2. The summed E-state index contributed by atoms with van der Waals surface area (Å²) >= 11 is 1.74. The van der Waals surface area contributed by atoms with Crippen molar-refractivity contribution >= 4 is 17.3 Å². The van der Waals surface area contributed by atoms with E-state index in [0.717, 1.165) is 36.6 Å². The molecular formula is C13H20N2O2S. The van der Waals surface area contributed by atoms with Gasteiger partial charge in [0.25, 0.3) is 0 Å². The van der Waals surface area contributed by atoms with Crippen molar-refractivity contribution in [2.75, 3.05) is 13.1 Å². The Balaban J connectivity index is 2.01. The van der Waals surface area contributed by atoms with Crippen molar-refractivity contribution in [2.45, 2.75) is 39.7 Å². The summed E-state index contributed by atoms with van der Waals surface area (Å²) in [5.74, 6) is -0.810. The normalized spacial score (nSPS) is 19.9. The maximum absolute atomic E-state index is 10.9. The van der Waals surface area contributed by atoms with Gasteiger partial charge in [0.05, 0.1) is 22.7 Å². The summed E-state index contributed by atoms with van der Waals surface area (Å²) in [6, 6.07) is 0.296. The summed E-state index contributed by atoms with van der Waals surface area (Å²) in [6.45, 7) is 8.02. The summed E-state index contributed by atoms with van der Waals surface area (Å²) in [4.78, 5) is 19.2. The van der Waals surface area contributed by atoms with Crippen LogP contribution in [0.3, 0.4) is 0 Å². The van der Waals surface area contributed by atoms with Gasteiger partial charge in [0.2, 0.25) is 0 Å². The standard InChI is InChI=1S/C13H20N2O2S/c1-8(12-9(2)18-10(3)14-12)15-6-4-11(5-7-15)13(16)17/h8,11H,4-7H2,1-3H3,(H,16,17). The predicted octanol–water partition coefficient (Wildman–Crippen LogP) is 2.62. The number of carboxylic acid groups (broad SMARTS) is 1. The van der Waals surface area contributed by atoms with Crippen LogP contribution in [0.4, 0.5) is 0 Å². The number of aryl methyl sites for hydroxylation is 2. The number of thiazole rings is 1. The van der Waals surface area contributed by atoms with Crippen LogP contribution in [0.25, 0.3) is 0 Å². The Morgan fingerprint density at radius 2 is 2.06 bits per heavy atom. The van der Waals surface area contributed by atoms with E-state index in [1.54, 1.807) is 11.3 Å². The number of aliphatic carboxylic acids is 1. The van der Waals surface area contributed by atoms with Crippen LogP contribution in [0.2, 0.25) is 0 Å². The van der Waals surface area contributed by atoms with Crippen LogP contribution in [-0.2, 0) is 4.79 Å². The zero-order valence-electron chi connectivity index (χ0n) is 11.1. The average Bonchev–Trinajstić information content (AvgIpc) is 2.67. The highest BCUT2D eigenvalue weighted by Gasteiger charge is 2.28. The lowest BCUT2D eigenvalue weighted by Crippen LogP contribution is -2.38. The number of hydrogen-bond donors (Lipinski definition) is 1. The largest absolute Gasteiger partial charge is 0.481 e. The van der Waals surface area contributed by atoms with Gasteiger partial charge in [0, 0.05) is 4.88 Å². The maximum atomic E-state index is 10.9. The van der Waals surface area contributed by atoms with Gasteiger partial charge in [-0.15, -0.1) is 11.3 Å². The minimum atomic E-state index is -0.650. The number of piperidine rings is 1. The first-order valence-electron chi connectivity index (χ1n) is 6.40. The van der Waals surface area contributed by atoms with Crippen molar-refractivity contribution in [1.29, 1.82) is 0 Å². The summed E-state index contributed by atoms with van der Waals surface area (Å²) in [6.07, 6.45) is 1.50. The molecule has 1 aliphatic heterocycles. The smallest absolute Gasteiger partial charge is 0.306 e. The molecule has 0 aliphatic carbocycles. The first-order chi connectivity index (χ1) is 8.49. The number of rotatable bonds is 3. The fraction of sp³-hybridized carbons (Fsp3) is 0.692. The Morgan fingerprint density at radius 1 is 1.44 bits per heavy atom. The second-order valence-corrected chi connectivity index (χ2v) is 6.41. The third-order valence-corrected chi connectivity index (χ3v) is 4.66. The molecule has 0 aromatic carbocycles. The summed E-state index contributed by atoms with van der Waals surface area (Å²) in [5, 5.41) is 10.1. The molecule has 2 rings (SSSR count). The highest BCUT2D eigenvalue weighted by molar-refractivity contribution is 7.11. The predicted molar refractivity (Wildman–Crippen MR) is 71.9 cm³/mol. The van der Waals surface area contributed by atoms with Crippen molar-refractivity contribution in [2.24, 2.45) is 5.92 Å². The molecular weight excluding hydrogens is 248 g/mol. The molecule has 2 heterocycles. The van der Waals surface area contributed by atoms with Crippen molar-refractivity contribution in [3.05, 3.63) is 15.6 Å². The van der Waals surface area contributed by atoms with Gasteiger partial charge >= 0.3 is 5.97 Å². The van der Waals surface area contributed by atoms with Gasteiger partial charge in [-0.2, -0.15) is 0 Å². The van der Waals surface area contributed by atoms with E-state index in [9.17, 15) is 4.79 Å². The molecule has 1 unspecified atom stereocenters. The second kappa shape index (κ2) is 5.36. The van der Waals surface area contributed by atoms with Gasteiger partial charge in [-0.05, 0) is 46.7 Å². The highest BCUT2D eigenvalue weighted by atomic mass is 32.1. The van der Waals surface area contributed by atoms with Crippen molar-refractivity contribution < 1.29 is 9.90 Å². The summed E-state index contributed by atoms with van der Waals surface area (Å²) in [7, 11) is 0. The molecule has 0 spiro atoms. The Bertz CT molecular complexity index is 436. The summed E-state index contributed by atoms with van der Waals surface area (Å²) < 4.78 is 0. The van der Waals surface area contributed by atoms with Crippen molar-refractivity contribution in [3.8, 4) is 0 Å². The second-order valence-electron chi connectivity index (χ2n) is 5.00. The first kappa shape index (κ1) is 13.5. The van der Waals surface area contributed by atoms with Crippen LogP contribution in [0.1, 0.15) is 41.4 Å². The lowest BCUT2D eigenvalue weighted by atomic mass is 9.95. The molecule has 18 heavy (non-hydrogen) atoms. The zero-order chi connectivity index (χ0) is 13.3. The van der Waals surface area contributed by atoms with Gasteiger partial charge in [-0.25, -0.2) is 4.98 Å². The van der Waals surface area contributed by atoms with E-state index in [4.69, 9.17) is 5.11 Å². The lowest BCUT2D eigenvalue weighted by Gasteiger charge is -2.34. The molecule has 5 heteroatoms. The third kappa shape index (κ3) is 2.72. The van der Waals surface area contributed by atoms with Crippen LogP contribution in [0.5, 0.6) is 0 Å².